The van der Waals surface area contributed by atoms with Crippen molar-refractivity contribution in [1.82, 2.24) is 5.32 Å². The van der Waals surface area contributed by atoms with Crippen LogP contribution in [-0.4, -0.2) is 28.4 Å². The molecule has 0 amide bonds. The van der Waals surface area contributed by atoms with Gasteiger partial charge in [0.15, 0.2) is 0 Å². The molecule has 3 atom stereocenters. The molecule has 0 aromatic heterocycles. The smallest absolute Gasteiger partial charge is 0.0940 e. The van der Waals surface area contributed by atoms with Crippen molar-refractivity contribution in [3.05, 3.63) is 35.9 Å². The molecule has 0 fully saturated rings. The summed E-state index contributed by atoms with van der Waals surface area (Å²) in [6.45, 7) is 10.6. The van der Waals surface area contributed by atoms with Crippen molar-refractivity contribution in [3.63, 3.8) is 0 Å². The van der Waals surface area contributed by atoms with E-state index in [1.807, 2.05) is 65.0 Å². The Hall–Kier alpha value is -0.900. The maximum Gasteiger partial charge on any atom is 0.0940 e. The molecule has 3 heteroatoms. The van der Waals surface area contributed by atoms with Gasteiger partial charge in [-0.05, 0) is 37.8 Å². The Balaban J connectivity index is 2.46. The van der Waals surface area contributed by atoms with Gasteiger partial charge in [0.1, 0.15) is 0 Å². The fraction of sp³-hybridized carbons (Fsp3) is 0.647. The normalized spacial score (nSPS) is 18.4. The molecule has 0 aliphatic heterocycles. The summed E-state index contributed by atoms with van der Waals surface area (Å²) in [6.07, 6.45) is 0.123. The third-order valence-electron chi connectivity index (χ3n) is 4.31. The minimum Gasteiger partial charge on any atom is -0.390 e. The van der Waals surface area contributed by atoms with Gasteiger partial charge in [-0.3, -0.25) is 0 Å². The molecule has 3 nitrogen and oxygen atoms in total. The summed E-state index contributed by atoms with van der Waals surface area (Å²) in [5.41, 5.74) is 0.0305. The maximum atomic E-state index is 10.4. The molecule has 1 aromatic carbocycles. The predicted molar refractivity (Wildman–Crippen MR) is 83.6 cm³/mol. The van der Waals surface area contributed by atoms with Gasteiger partial charge in [-0.2, -0.15) is 0 Å². The first-order valence-electron chi connectivity index (χ1n) is 7.34. The van der Waals surface area contributed by atoms with Gasteiger partial charge in [-0.25, -0.2) is 0 Å². The van der Waals surface area contributed by atoms with Crippen molar-refractivity contribution in [2.75, 3.05) is 6.54 Å². The summed E-state index contributed by atoms with van der Waals surface area (Å²) in [5.74, 6) is 0. The Bertz CT molecular complexity index is 395. The molecule has 0 radical (unpaired) electrons. The summed E-state index contributed by atoms with van der Waals surface area (Å²) in [7, 11) is 0. The SMILES string of the molecule is CC(NCCC(C)(O)C(C)(C)C)C(O)c1ccccc1. The molecule has 20 heavy (non-hydrogen) atoms. The molecule has 0 saturated carbocycles. The molecule has 114 valence electrons. The molecule has 0 aliphatic rings. The third-order valence-corrected chi connectivity index (χ3v) is 4.31. The van der Waals surface area contributed by atoms with Gasteiger partial charge >= 0.3 is 0 Å². The molecule has 3 unspecified atom stereocenters. The summed E-state index contributed by atoms with van der Waals surface area (Å²) in [5, 5.41) is 24.0. The van der Waals surface area contributed by atoms with Crippen molar-refractivity contribution >= 4 is 0 Å². The first kappa shape index (κ1) is 17.2. The molecule has 0 aliphatic carbocycles. The standard InChI is InChI=1S/C17H29NO2/c1-13(15(19)14-9-7-6-8-10-14)18-12-11-17(5,20)16(2,3)4/h6-10,13,15,18-20H,11-12H2,1-5H3. The lowest BCUT2D eigenvalue weighted by atomic mass is 9.76. The quantitative estimate of drug-likeness (QED) is 0.750. The topological polar surface area (TPSA) is 52.5 Å². The van der Waals surface area contributed by atoms with Crippen LogP contribution in [0.2, 0.25) is 0 Å². The van der Waals surface area contributed by atoms with Crippen LogP contribution in [0.15, 0.2) is 30.3 Å². The summed E-state index contributed by atoms with van der Waals surface area (Å²) in [4.78, 5) is 0. The minimum atomic E-state index is -0.725. The van der Waals surface area contributed by atoms with Gasteiger partial charge in [0.25, 0.3) is 0 Å². The van der Waals surface area contributed by atoms with Gasteiger partial charge in [0.2, 0.25) is 0 Å². The summed E-state index contributed by atoms with van der Waals surface area (Å²) in [6, 6.07) is 9.59. The zero-order valence-electron chi connectivity index (χ0n) is 13.4. The Morgan fingerprint density at radius 3 is 2.15 bits per heavy atom. The van der Waals surface area contributed by atoms with E-state index in [-0.39, 0.29) is 11.5 Å². The number of hydrogen-bond donors (Lipinski definition) is 3. The Morgan fingerprint density at radius 1 is 1.10 bits per heavy atom. The molecule has 0 saturated heterocycles. The van der Waals surface area contributed by atoms with E-state index in [1.165, 1.54) is 0 Å². The number of nitrogens with one attached hydrogen (secondary N) is 1. The van der Waals surface area contributed by atoms with Gasteiger partial charge in [-0.15, -0.1) is 0 Å². The highest BCUT2D eigenvalue weighted by atomic mass is 16.3. The molecular formula is C17H29NO2. The highest BCUT2D eigenvalue weighted by molar-refractivity contribution is 5.18. The molecule has 0 spiro atoms. The van der Waals surface area contributed by atoms with Crippen LogP contribution in [0.1, 0.15) is 52.7 Å². The Morgan fingerprint density at radius 2 is 1.65 bits per heavy atom. The van der Waals surface area contributed by atoms with Gasteiger partial charge < -0.3 is 15.5 Å². The lowest BCUT2D eigenvalue weighted by Gasteiger charge is -2.37. The van der Waals surface area contributed by atoms with E-state index in [0.717, 1.165) is 5.56 Å². The fourth-order valence-electron chi connectivity index (χ4n) is 1.97. The van der Waals surface area contributed by atoms with E-state index < -0.39 is 11.7 Å². The van der Waals surface area contributed by atoms with Crippen LogP contribution in [0.25, 0.3) is 0 Å². The van der Waals surface area contributed by atoms with Crippen LogP contribution in [0.4, 0.5) is 0 Å². The van der Waals surface area contributed by atoms with Crippen LogP contribution in [0, 0.1) is 5.41 Å². The minimum absolute atomic E-state index is 0.0480. The predicted octanol–water partition coefficient (Wildman–Crippen LogP) is 2.89. The first-order valence-corrected chi connectivity index (χ1v) is 7.34. The molecule has 3 N–H and O–H groups in total. The molecular weight excluding hydrogens is 250 g/mol. The van der Waals surface area contributed by atoms with Gasteiger partial charge in [0.05, 0.1) is 11.7 Å². The number of hydrogen-bond acceptors (Lipinski definition) is 3. The van der Waals surface area contributed by atoms with E-state index in [9.17, 15) is 10.2 Å². The molecule has 0 bridgehead atoms. The second-order valence-electron chi connectivity index (χ2n) is 6.87. The highest BCUT2D eigenvalue weighted by Gasteiger charge is 2.34. The van der Waals surface area contributed by atoms with E-state index >= 15 is 0 Å². The molecule has 0 heterocycles. The van der Waals surface area contributed by atoms with Crippen LogP contribution < -0.4 is 5.32 Å². The van der Waals surface area contributed by atoms with Crippen molar-refractivity contribution in [3.8, 4) is 0 Å². The number of aliphatic hydroxyl groups is 2. The van der Waals surface area contributed by atoms with Crippen molar-refractivity contribution in [2.24, 2.45) is 5.41 Å². The average molecular weight is 279 g/mol. The zero-order chi connectivity index (χ0) is 15.4. The van der Waals surface area contributed by atoms with Crippen molar-refractivity contribution < 1.29 is 10.2 Å². The largest absolute Gasteiger partial charge is 0.390 e. The van der Waals surface area contributed by atoms with E-state index in [4.69, 9.17) is 0 Å². The van der Waals surface area contributed by atoms with Gasteiger partial charge in [-0.1, -0.05) is 51.1 Å². The average Bonchev–Trinajstić information content (AvgIpc) is 2.37. The van der Waals surface area contributed by atoms with Crippen LogP contribution in [-0.2, 0) is 0 Å². The van der Waals surface area contributed by atoms with Crippen LogP contribution in [0.3, 0.4) is 0 Å². The first-order chi connectivity index (χ1) is 9.15. The fourth-order valence-corrected chi connectivity index (χ4v) is 1.97. The number of rotatable bonds is 6. The molecule has 1 rings (SSSR count). The van der Waals surface area contributed by atoms with Crippen LogP contribution >= 0.6 is 0 Å². The maximum absolute atomic E-state index is 10.4. The second kappa shape index (κ2) is 6.70. The van der Waals surface area contributed by atoms with E-state index in [2.05, 4.69) is 5.32 Å². The summed E-state index contributed by atoms with van der Waals surface area (Å²) < 4.78 is 0. The lowest BCUT2D eigenvalue weighted by molar-refractivity contribution is -0.0483. The Labute approximate surface area is 123 Å². The zero-order valence-corrected chi connectivity index (χ0v) is 13.4. The molecule has 1 aromatic rings. The van der Waals surface area contributed by atoms with Gasteiger partial charge in [0, 0.05) is 6.04 Å². The third kappa shape index (κ3) is 4.58. The summed E-state index contributed by atoms with van der Waals surface area (Å²) >= 11 is 0. The number of benzene rings is 1. The monoisotopic (exact) mass is 279 g/mol. The second-order valence-corrected chi connectivity index (χ2v) is 6.87. The number of aliphatic hydroxyl groups excluding tert-OH is 1. The van der Waals surface area contributed by atoms with E-state index in [0.29, 0.717) is 13.0 Å². The van der Waals surface area contributed by atoms with E-state index in [1.54, 1.807) is 0 Å². The lowest BCUT2D eigenvalue weighted by Crippen LogP contribution is -2.43. The van der Waals surface area contributed by atoms with Crippen molar-refractivity contribution in [2.45, 2.75) is 58.8 Å². The Kier molecular flexibility index (Phi) is 5.75. The highest BCUT2D eigenvalue weighted by Crippen LogP contribution is 2.32. The van der Waals surface area contributed by atoms with Crippen LogP contribution in [0.5, 0.6) is 0 Å². The van der Waals surface area contributed by atoms with Crippen molar-refractivity contribution in [1.29, 1.82) is 0 Å².